The van der Waals surface area contributed by atoms with Gasteiger partial charge >= 0.3 is 5.97 Å². The van der Waals surface area contributed by atoms with Crippen LogP contribution in [-0.4, -0.2) is 41.5 Å². The summed E-state index contributed by atoms with van der Waals surface area (Å²) < 4.78 is 5.43. The van der Waals surface area contributed by atoms with Crippen molar-refractivity contribution in [2.45, 2.75) is 46.0 Å². The Labute approximate surface area is 181 Å². The molecule has 156 valence electrons. The Morgan fingerprint density at radius 2 is 2.21 bits per heavy atom. The minimum Gasteiger partial charge on any atom is -0.466 e. The molecule has 1 amide bonds. The molecule has 0 radical (unpaired) electrons. The fraction of sp³-hybridized carbons (Fsp3) is 0.500. The van der Waals surface area contributed by atoms with E-state index in [-0.39, 0.29) is 11.9 Å². The highest BCUT2D eigenvalue weighted by Gasteiger charge is 2.44. The monoisotopic (exact) mass is 434 g/mol. The van der Waals surface area contributed by atoms with Gasteiger partial charge in [0.15, 0.2) is 0 Å². The van der Waals surface area contributed by atoms with E-state index in [4.69, 9.17) is 16.3 Å². The van der Waals surface area contributed by atoms with Gasteiger partial charge in [-0.05, 0) is 57.2 Å². The van der Waals surface area contributed by atoms with E-state index >= 15 is 0 Å². The Bertz CT molecular complexity index is 869. The smallest absolute Gasteiger partial charge is 0.314 e. The van der Waals surface area contributed by atoms with Crippen molar-refractivity contribution in [2.24, 2.45) is 5.41 Å². The molecule has 0 saturated carbocycles. The predicted octanol–water partition coefficient (Wildman–Crippen LogP) is 4.45. The van der Waals surface area contributed by atoms with Crippen LogP contribution < -0.4 is 0 Å². The molecule has 2 heterocycles. The molecule has 29 heavy (non-hydrogen) atoms. The van der Waals surface area contributed by atoms with E-state index in [1.807, 2.05) is 48.5 Å². The molecule has 2 aromatic rings. The van der Waals surface area contributed by atoms with E-state index in [1.54, 1.807) is 11.3 Å². The Hall–Kier alpha value is -1.92. The quantitative estimate of drug-likeness (QED) is 0.604. The molecule has 0 spiro atoms. The van der Waals surface area contributed by atoms with Gasteiger partial charge in [-0.15, -0.1) is 11.3 Å². The molecule has 1 aromatic carbocycles. The van der Waals surface area contributed by atoms with Gasteiger partial charge < -0.3 is 9.64 Å². The molecule has 1 saturated heterocycles. The number of thiazole rings is 1. The zero-order valence-corrected chi connectivity index (χ0v) is 18.5. The van der Waals surface area contributed by atoms with Crippen molar-refractivity contribution < 1.29 is 14.3 Å². The lowest BCUT2D eigenvalue weighted by Crippen LogP contribution is -2.51. The first kappa shape index (κ1) is 21.8. The Morgan fingerprint density at radius 3 is 2.90 bits per heavy atom. The van der Waals surface area contributed by atoms with Crippen molar-refractivity contribution in [3.05, 3.63) is 50.9 Å². The molecule has 0 N–H and O–H groups in total. The molecule has 1 fully saturated rings. The normalized spacial score (nSPS) is 19.2. The van der Waals surface area contributed by atoms with E-state index < -0.39 is 5.41 Å². The number of piperidine rings is 1. The van der Waals surface area contributed by atoms with E-state index in [9.17, 15) is 9.59 Å². The minimum absolute atomic E-state index is 0.0808. The summed E-state index contributed by atoms with van der Waals surface area (Å²) in [5, 5.41) is 0.644. The SMILES string of the molecule is CCOC(=O)C1(Cc2cccc(Cl)c2)CCCN(C(=O)CCc2scnc2C)C1. The van der Waals surface area contributed by atoms with Crippen LogP contribution in [0.15, 0.2) is 29.8 Å². The Balaban J connectivity index is 1.74. The first-order chi connectivity index (χ1) is 13.9. The van der Waals surface area contributed by atoms with Crippen LogP contribution in [0.3, 0.4) is 0 Å². The largest absolute Gasteiger partial charge is 0.466 e. The van der Waals surface area contributed by atoms with Crippen molar-refractivity contribution in [3.8, 4) is 0 Å². The highest BCUT2D eigenvalue weighted by atomic mass is 35.5. The Morgan fingerprint density at radius 1 is 1.38 bits per heavy atom. The molecule has 1 unspecified atom stereocenters. The summed E-state index contributed by atoms with van der Waals surface area (Å²) in [6, 6.07) is 7.57. The van der Waals surface area contributed by atoms with Crippen LogP contribution in [0.1, 0.15) is 42.3 Å². The number of hydrogen-bond acceptors (Lipinski definition) is 5. The molecule has 3 rings (SSSR count). The first-order valence-electron chi connectivity index (χ1n) is 10.0. The van der Waals surface area contributed by atoms with Crippen LogP contribution in [0, 0.1) is 12.3 Å². The second-order valence-electron chi connectivity index (χ2n) is 7.59. The standard InChI is InChI=1S/C22H27ClN2O3S/c1-3-28-21(27)22(13-17-6-4-7-18(23)12-17)10-5-11-25(14-22)20(26)9-8-19-16(2)24-15-29-19/h4,6-7,12,15H,3,5,8-11,13-14H2,1-2H3. The minimum atomic E-state index is -0.727. The maximum Gasteiger partial charge on any atom is 0.314 e. The third kappa shape index (κ3) is 5.37. The molecule has 7 heteroatoms. The number of ether oxygens (including phenoxy) is 1. The average Bonchev–Trinajstić information content (AvgIpc) is 3.11. The van der Waals surface area contributed by atoms with E-state index in [2.05, 4.69) is 4.98 Å². The number of hydrogen-bond donors (Lipinski definition) is 0. The number of carbonyl (C=O) groups excluding carboxylic acids is 2. The lowest BCUT2D eigenvalue weighted by atomic mass is 9.75. The third-order valence-electron chi connectivity index (χ3n) is 5.48. The molecule has 1 aliphatic rings. The van der Waals surface area contributed by atoms with Crippen LogP contribution >= 0.6 is 22.9 Å². The molecule has 1 aromatic heterocycles. The maximum atomic E-state index is 13.0. The number of halogens is 1. The van der Waals surface area contributed by atoms with Gasteiger partial charge in [-0.1, -0.05) is 23.7 Å². The average molecular weight is 435 g/mol. The van der Waals surface area contributed by atoms with Gasteiger partial charge in [0.05, 0.1) is 23.2 Å². The number of amides is 1. The van der Waals surface area contributed by atoms with Crippen molar-refractivity contribution in [1.82, 2.24) is 9.88 Å². The van der Waals surface area contributed by atoms with Gasteiger partial charge in [0, 0.05) is 29.4 Å². The highest BCUT2D eigenvalue weighted by molar-refractivity contribution is 7.09. The van der Waals surface area contributed by atoms with Crippen LogP contribution in [-0.2, 0) is 27.2 Å². The summed E-state index contributed by atoms with van der Waals surface area (Å²) in [6.07, 6.45) is 3.12. The molecule has 1 atom stereocenters. The van der Waals surface area contributed by atoms with Gasteiger partial charge in [0.2, 0.25) is 5.91 Å². The van der Waals surface area contributed by atoms with Gasteiger partial charge in [-0.2, -0.15) is 0 Å². The number of benzene rings is 1. The number of rotatable bonds is 7. The number of likely N-dealkylation sites (tertiary alicyclic amines) is 1. The van der Waals surface area contributed by atoms with Crippen LogP contribution in [0.2, 0.25) is 5.02 Å². The zero-order valence-electron chi connectivity index (χ0n) is 16.9. The fourth-order valence-corrected chi connectivity index (χ4v) is 4.99. The van der Waals surface area contributed by atoms with Crippen molar-refractivity contribution >= 4 is 34.8 Å². The number of nitrogens with zero attached hydrogens (tertiary/aromatic N) is 2. The van der Waals surface area contributed by atoms with E-state index in [1.165, 1.54) is 0 Å². The van der Waals surface area contributed by atoms with Crippen molar-refractivity contribution in [3.63, 3.8) is 0 Å². The topological polar surface area (TPSA) is 59.5 Å². The summed E-state index contributed by atoms with van der Waals surface area (Å²) >= 11 is 7.73. The fourth-order valence-electron chi connectivity index (χ4n) is 3.99. The maximum absolute atomic E-state index is 13.0. The third-order valence-corrected chi connectivity index (χ3v) is 6.71. The lowest BCUT2D eigenvalue weighted by molar-refractivity contribution is -0.160. The summed E-state index contributed by atoms with van der Waals surface area (Å²) in [7, 11) is 0. The van der Waals surface area contributed by atoms with Gasteiger partial charge in [-0.25, -0.2) is 4.98 Å². The lowest BCUT2D eigenvalue weighted by Gasteiger charge is -2.41. The van der Waals surface area contributed by atoms with Crippen LogP contribution in [0.5, 0.6) is 0 Å². The number of esters is 1. The molecular weight excluding hydrogens is 408 g/mol. The van der Waals surface area contributed by atoms with Gasteiger partial charge in [0.25, 0.3) is 0 Å². The molecule has 0 aliphatic carbocycles. The highest BCUT2D eigenvalue weighted by Crippen LogP contribution is 2.36. The molecule has 1 aliphatic heterocycles. The number of aryl methyl sites for hydroxylation is 2. The molecule has 0 bridgehead atoms. The molecular formula is C22H27ClN2O3S. The van der Waals surface area contributed by atoms with Crippen molar-refractivity contribution in [2.75, 3.05) is 19.7 Å². The van der Waals surface area contributed by atoms with Gasteiger partial charge in [-0.3, -0.25) is 9.59 Å². The zero-order chi connectivity index (χ0) is 20.9. The number of aromatic nitrogens is 1. The van der Waals surface area contributed by atoms with E-state index in [0.29, 0.717) is 50.4 Å². The summed E-state index contributed by atoms with van der Waals surface area (Å²) in [5.41, 5.74) is 3.06. The van der Waals surface area contributed by atoms with Crippen molar-refractivity contribution in [1.29, 1.82) is 0 Å². The second kappa shape index (κ2) is 9.72. The van der Waals surface area contributed by atoms with E-state index in [0.717, 1.165) is 22.6 Å². The van der Waals surface area contributed by atoms with Crippen LogP contribution in [0.4, 0.5) is 0 Å². The van der Waals surface area contributed by atoms with Gasteiger partial charge in [0.1, 0.15) is 0 Å². The number of carbonyl (C=O) groups is 2. The van der Waals surface area contributed by atoms with Crippen LogP contribution in [0.25, 0.3) is 0 Å². The first-order valence-corrected chi connectivity index (χ1v) is 11.3. The molecule has 5 nitrogen and oxygen atoms in total. The second-order valence-corrected chi connectivity index (χ2v) is 8.96. The predicted molar refractivity (Wildman–Crippen MR) is 115 cm³/mol. The summed E-state index contributed by atoms with van der Waals surface area (Å²) in [4.78, 5) is 33.1. The summed E-state index contributed by atoms with van der Waals surface area (Å²) in [6.45, 7) is 5.17. The Kier molecular flexibility index (Phi) is 7.30. The summed E-state index contributed by atoms with van der Waals surface area (Å²) in [5.74, 6) is -0.145.